The molecule has 0 bridgehead atoms. The van der Waals surface area contributed by atoms with Gasteiger partial charge in [-0.1, -0.05) is 30.8 Å². The Morgan fingerprint density at radius 3 is 2.59 bits per heavy atom. The van der Waals surface area contributed by atoms with Gasteiger partial charge in [0.2, 0.25) is 0 Å². The number of hydrogen-bond acceptors (Lipinski definition) is 6. The zero-order valence-corrected chi connectivity index (χ0v) is 15.7. The van der Waals surface area contributed by atoms with Crippen molar-refractivity contribution >= 4 is 40.0 Å². The Morgan fingerprint density at radius 2 is 1.78 bits per heavy atom. The number of nitrogens with two attached hydrogens (primary N) is 1. The van der Waals surface area contributed by atoms with Crippen molar-refractivity contribution in [2.45, 2.75) is 23.1 Å². The Hall–Kier alpha value is -3.12. The molecule has 5 nitrogen and oxygen atoms in total. The number of para-hydroxylation sites is 1. The van der Waals surface area contributed by atoms with Gasteiger partial charge in [-0.2, -0.15) is 0 Å². The third-order valence-electron chi connectivity index (χ3n) is 4.17. The van der Waals surface area contributed by atoms with E-state index in [1.165, 1.54) is 0 Å². The van der Waals surface area contributed by atoms with E-state index in [0.29, 0.717) is 5.65 Å². The molecule has 0 unspecified atom stereocenters. The van der Waals surface area contributed by atoms with Gasteiger partial charge >= 0.3 is 0 Å². The molecule has 0 spiro atoms. The van der Waals surface area contributed by atoms with Crippen LogP contribution in [0.1, 0.15) is 12.6 Å². The minimum Gasteiger partial charge on any atom is -0.399 e. The molecule has 6 heteroatoms. The molecule has 2 aromatic carbocycles. The maximum atomic E-state index is 5.78. The van der Waals surface area contributed by atoms with Crippen LogP contribution >= 0.6 is 11.8 Å². The summed E-state index contributed by atoms with van der Waals surface area (Å²) in [5.41, 5.74) is 9.25. The van der Waals surface area contributed by atoms with Crippen LogP contribution in [-0.2, 0) is 6.42 Å². The molecule has 2 heterocycles. The predicted molar refractivity (Wildman–Crippen MR) is 111 cm³/mol. The topological polar surface area (TPSA) is 76.7 Å². The fourth-order valence-electron chi connectivity index (χ4n) is 2.73. The predicted octanol–water partition coefficient (Wildman–Crippen LogP) is 5.06. The van der Waals surface area contributed by atoms with E-state index in [1.807, 2.05) is 54.6 Å². The first kappa shape index (κ1) is 17.3. The molecule has 134 valence electrons. The van der Waals surface area contributed by atoms with Crippen molar-refractivity contribution in [1.82, 2.24) is 15.0 Å². The second-order valence-electron chi connectivity index (χ2n) is 6.04. The van der Waals surface area contributed by atoms with Crippen LogP contribution < -0.4 is 11.1 Å². The molecule has 0 radical (unpaired) electrons. The average Bonchev–Trinajstić information content (AvgIpc) is 2.71. The summed E-state index contributed by atoms with van der Waals surface area (Å²) in [6.45, 7) is 2.08. The Morgan fingerprint density at radius 1 is 0.963 bits per heavy atom. The van der Waals surface area contributed by atoms with Crippen molar-refractivity contribution < 1.29 is 0 Å². The fourth-order valence-corrected chi connectivity index (χ4v) is 3.63. The molecular weight excluding hydrogens is 354 g/mol. The Kier molecular flexibility index (Phi) is 4.89. The molecule has 27 heavy (non-hydrogen) atoms. The standard InChI is InChI=1S/C21H19N5S/c1-2-15-9-12-17-20(25-15)23-13-24-21(17)26-18-5-3-4-6-19(18)27-16-10-7-14(22)8-11-16/h3-13H,2,22H2,1H3,(H,23,24,25,26). The number of nitrogens with one attached hydrogen (secondary N) is 1. The first-order chi connectivity index (χ1) is 13.2. The summed E-state index contributed by atoms with van der Waals surface area (Å²) < 4.78 is 0. The average molecular weight is 373 g/mol. The zero-order chi connectivity index (χ0) is 18.6. The van der Waals surface area contributed by atoms with Crippen molar-refractivity contribution in [2.75, 3.05) is 11.1 Å². The summed E-state index contributed by atoms with van der Waals surface area (Å²) in [6.07, 6.45) is 2.43. The van der Waals surface area contributed by atoms with Crippen LogP contribution in [0, 0.1) is 0 Å². The van der Waals surface area contributed by atoms with Gasteiger partial charge in [0.25, 0.3) is 0 Å². The number of pyridine rings is 1. The van der Waals surface area contributed by atoms with Gasteiger partial charge in [-0.15, -0.1) is 0 Å². The number of nitrogens with zero attached hydrogens (tertiary/aromatic N) is 3. The molecule has 0 atom stereocenters. The third kappa shape index (κ3) is 3.85. The summed E-state index contributed by atoms with van der Waals surface area (Å²) in [6, 6.07) is 20.1. The lowest BCUT2D eigenvalue weighted by atomic mass is 10.2. The van der Waals surface area contributed by atoms with Gasteiger partial charge < -0.3 is 11.1 Å². The molecule has 0 aliphatic rings. The van der Waals surface area contributed by atoms with E-state index in [-0.39, 0.29) is 0 Å². The van der Waals surface area contributed by atoms with Crippen LogP contribution in [-0.4, -0.2) is 15.0 Å². The summed E-state index contributed by atoms with van der Waals surface area (Å²) in [5.74, 6) is 0.750. The number of fused-ring (bicyclic) bond motifs is 1. The smallest absolute Gasteiger partial charge is 0.164 e. The van der Waals surface area contributed by atoms with Gasteiger partial charge in [0, 0.05) is 21.2 Å². The molecule has 0 amide bonds. The van der Waals surface area contributed by atoms with E-state index < -0.39 is 0 Å². The lowest BCUT2D eigenvalue weighted by Gasteiger charge is -2.12. The van der Waals surface area contributed by atoms with Crippen molar-refractivity contribution in [3.05, 3.63) is 72.7 Å². The molecule has 4 aromatic rings. The number of aromatic nitrogens is 3. The Bertz CT molecular complexity index is 1080. The van der Waals surface area contributed by atoms with Gasteiger partial charge in [0.1, 0.15) is 12.1 Å². The van der Waals surface area contributed by atoms with E-state index in [2.05, 4.69) is 33.3 Å². The Balaban J connectivity index is 1.67. The largest absolute Gasteiger partial charge is 0.399 e. The molecule has 0 aliphatic heterocycles. The molecule has 0 aliphatic carbocycles. The summed E-state index contributed by atoms with van der Waals surface area (Å²) in [7, 11) is 0. The molecule has 0 saturated carbocycles. The van der Waals surface area contributed by atoms with Crippen LogP contribution in [0.3, 0.4) is 0 Å². The lowest BCUT2D eigenvalue weighted by Crippen LogP contribution is -1.99. The van der Waals surface area contributed by atoms with E-state index >= 15 is 0 Å². The first-order valence-corrected chi connectivity index (χ1v) is 9.54. The minimum atomic E-state index is 0.704. The van der Waals surface area contributed by atoms with E-state index in [4.69, 9.17) is 5.73 Å². The fraction of sp³-hybridized carbons (Fsp3) is 0.0952. The highest BCUT2D eigenvalue weighted by atomic mass is 32.2. The highest BCUT2D eigenvalue weighted by molar-refractivity contribution is 7.99. The van der Waals surface area contributed by atoms with Crippen LogP contribution in [0.5, 0.6) is 0 Å². The normalized spacial score (nSPS) is 10.9. The SMILES string of the molecule is CCc1ccc2c(Nc3ccccc3Sc3ccc(N)cc3)ncnc2n1. The minimum absolute atomic E-state index is 0.704. The van der Waals surface area contributed by atoms with E-state index in [0.717, 1.165) is 44.5 Å². The maximum absolute atomic E-state index is 5.78. The van der Waals surface area contributed by atoms with Crippen LogP contribution in [0.25, 0.3) is 11.0 Å². The van der Waals surface area contributed by atoms with Crippen LogP contribution in [0.2, 0.25) is 0 Å². The number of anilines is 3. The first-order valence-electron chi connectivity index (χ1n) is 8.73. The summed E-state index contributed by atoms with van der Waals surface area (Å²) in [5, 5.41) is 4.35. The van der Waals surface area contributed by atoms with Gasteiger partial charge in [0.05, 0.1) is 11.1 Å². The van der Waals surface area contributed by atoms with Gasteiger partial charge in [-0.25, -0.2) is 15.0 Å². The quantitative estimate of drug-likeness (QED) is 0.476. The van der Waals surface area contributed by atoms with Gasteiger partial charge in [-0.05, 0) is 55.0 Å². The number of aryl methyl sites for hydroxylation is 1. The van der Waals surface area contributed by atoms with Gasteiger partial charge in [0.15, 0.2) is 5.65 Å². The highest BCUT2D eigenvalue weighted by Crippen LogP contribution is 2.35. The number of nitrogen functional groups attached to an aromatic ring is 1. The van der Waals surface area contributed by atoms with Crippen molar-refractivity contribution in [2.24, 2.45) is 0 Å². The van der Waals surface area contributed by atoms with E-state index in [9.17, 15) is 0 Å². The summed E-state index contributed by atoms with van der Waals surface area (Å²) in [4.78, 5) is 15.6. The van der Waals surface area contributed by atoms with Crippen LogP contribution in [0.15, 0.2) is 76.8 Å². The molecule has 3 N–H and O–H groups in total. The number of benzene rings is 2. The lowest BCUT2D eigenvalue weighted by molar-refractivity contribution is 1.04. The summed E-state index contributed by atoms with van der Waals surface area (Å²) >= 11 is 1.68. The van der Waals surface area contributed by atoms with Crippen molar-refractivity contribution in [3.63, 3.8) is 0 Å². The van der Waals surface area contributed by atoms with Crippen molar-refractivity contribution in [3.8, 4) is 0 Å². The maximum Gasteiger partial charge on any atom is 0.164 e. The van der Waals surface area contributed by atoms with Crippen molar-refractivity contribution in [1.29, 1.82) is 0 Å². The zero-order valence-electron chi connectivity index (χ0n) is 14.9. The molecular formula is C21H19N5S. The second-order valence-corrected chi connectivity index (χ2v) is 7.16. The second kappa shape index (κ2) is 7.63. The van der Waals surface area contributed by atoms with Crippen LogP contribution in [0.4, 0.5) is 17.2 Å². The van der Waals surface area contributed by atoms with E-state index in [1.54, 1.807) is 18.1 Å². The molecule has 2 aromatic heterocycles. The number of rotatable bonds is 5. The molecule has 4 rings (SSSR count). The molecule has 0 saturated heterocycles. The highest BCUT2D eigenvalue weighted by Gasteiger charge is 2.09. The molecule has 0 fully saturated rings. The van der Waals surface area contributed by atoms with Gasteiger partial charge in [-0.3, -0.25) is 0 Å². The third-order valence-corrected chi connectivity index (χ3v) is 5.25. The monoisotopic (exact) mass is 373 g/mol. The number of hydrogen-bond donors (Lipinski definition) is 2. The Labute approximate surface area is 162 Å².